The van der Waals surface area contributed by atoms with Crippen LogP contribution in [0.2, 0.25) is 0 Å². The van der Waals surface area contributed by atoms with E-state index in [0.717, 1.165) is 31.0 Å². The molecule has 1 aliphatic carbocycles. The van der Waals surface area contributed by atoms with Crippen LogP contribution in [0.4, 0.5) is 8.78 Å². The zero-order valence-corrected chi connectivity index (χ0v) is 11.7. The maximum absolute atomic E-state index is 13.4. The van der Waals surface area contributed by atoms with E-state index < -0.39 is 29.0 Å². The van der Waals surface area contributed by atoms with Gasteiger partial charge in [0.15, 0.2) is 0 Å². The second-order valence-electron chi connectivity index (χ2n) is 5.57. The lowest BCUT2D eigenvalue weighted by atomic mass is 9.95. The first-order valence-electron chi connectivity index (χ1n) is 6.81. The van der Waals surface area contributed by atoms with Gasteiger partial charge in [-0.25, -0.2) is 13.6 Å². The van der Waals surface area contributed by atoms with Crippen molar-refractivity contribution in [2.75, 3.05) is 0 Å². The van der Waals surface area contributed by atoms with E-state index in [1.54, 1.807) is 0 Å². The number of halogens is 2. The largest absolute Gasteiger partial charge is 0.480 e. The van der Waals surface area contributed by atoms with Crippen LogP contribution in [-0.4, -0.2) is 22.5 Å². The Bertz CT molecular complexity index is 572. The molecule has 1 aliphatic rings. The third kappa shape index (κ3) is 3.56. The van der Waals surface area contributed by atoms with Crippen molar-refractivity contribution < 1.29 is 23.5 Å². The fourth-order valence-corrected chi connectivity index (χ4v) is 2.33. The highest BCUT2D eigenvalue weighted by molar-refractivity contribution is 5.87. The number of hydrogen-bond acceptors (Lipinski definition) is 2. The summed E-state index contributed by atoms with van der Waals surface area (Å²) in [6, 6.07) is 3.06. The molecule has 2 rings (SSSR count). The van der Waals surface area contributed by atoms with Crippen molar-refractivity contribution >= 4 is 11.9 Å². The van der Waals surface area contributed by atoms with Gasteiger partial charge in [0.25, 0.3) is 0 Å². The predicted molar refractivity (Wildman–Crippen MR) is 71.6 cm³/mol. The van der Waals surface area contributed by atoms with E-state index >= 15 is 0 Å². The Morgan fingerprint density at radius 1 is 1.38 bits per heavy atom. The Kier molecular flexibility index (Phi) is 4.25. The smallest absolute Gasteiger partial charge is 0.329 e. The van der Waals surface area contributed by atoms with Crippen LogP contribution in [0, 0.1) is 17.6 Å². The van der Waals surface area contributed by atoms with E-state index in [1.165, 1.54) is 6.92 Å². The topological polar surface area (TPSA) is 66.4 Å². The summed E-state index contributed by atoms with van der Waals surface area (Å²) in [5.74, 6) is -2.76. The first-order valence-corrected chi connectivity index (χ1v) is 6.81. The van der Waals surface area contributed by atoms with E-state index in [2.05, 4.69) is 5.32 Å². The summed E-state index contributed by atoms with van der Waals surface area (Å²) in [6.07, 6.45) is 1.47. The van der Waals surface area contributed by atoms with Crippen molar-refractivity contribution in [2.45, 2.75) is 38.1 Å². The number of nitrogens with one attached hydrogen (secondary N) is 1. The van der Waals surface area contributed by atoms with E-state index in [-0.39, 0.29) is 24.3 Å². The van der Waals surface area contributed by atoms with Gasteiger partial charge in [-0.3, -0.25) is 4.79 Å². The number of carbonyl (C=O) groups excluding carboxylic acids is 1. The minimum atomic E-state index is -1.28. The molecule has 0 spiro atoms. The van der Waals surface area contributed by atoms with Crippen LogP contribution in [0.3, 0.4) is 0 Å². The summed E-state index contributed by atoms with van der Waals surface area (Å²) in [7, 11) is 0. The van der Waals surface area contributed by atoms with E-state index in [1.807, 2.05) is 0 Å². The number of hydrogen-bond donors (Lipinski definition) is 2. The monoisotopic (exact) mass is 297 g/mol. The number of aryl methyl sites for hydroxylation is 1. The molecule has 1 amide bonds. The second-order valence-corrected chi connectivity index (χ2v) is 5.57. The summed E-state index contributed by atoms with van der Waals surface area (Å²) in [5.41, 5.74) is -1.18. The molecule has 0 saturated heterocycles. The van der Waals surface area contributed by atoms with Crippen LogP contribution >= 0.6 is 0 Å². The molecule has 2 N–H and O–H groups in total. The average Bonchev–Trinajstić information content (AvgIpc) is 3.24. The lowest BCUT2D eigenvalue weighted by Gasteiger charge is -2.26. The summed E-state index contributed by atoms with van der Waals surface area (Å²) in [6.45, 7) is 1.48. The molecule has 4 nitrogen and oxygen atoms in total. The maximum atomic E-state index is 13.4. The third-order valence-electron chi connectivity index (χ3n) is 3.87. The summed E-state index contributed by atoms with van der Waals surface area (Å²) in [5, 5.41) is 11.7. The van der Waals surface area contributed by atoms with E-state index in [0.29, 0.717) is 0 Å². The van der Waals surface area contributed by atoms with Crippen LogP contribution < -0.4 is 5.32 Å². The Hall–Kier alpha value is -1.98. The van der Waals surface area contributed by atoms with Gasteiger partial charge < -0.3 is 10.4 Å². The van der Waals surface area contributed by atoms with Crippen LogP contribution in [0.1, 0.15) is 31.7 Å². The van der Waals surface area contributed by atoms with Crippen molar-refractivity contribution in [3.05, 3.63) is 35.4 Å². The van der Waals surface area contributed by atoms with Gasteiger partial charge in [-0.2, -0.15) is 0 Å². The Morgan fingerprint density at radius 3 is 2.62 bits per heavy atom. The fourth-order valence-electron chi connectivity index (χ4n) is 2.33. The second kappa shape index (κ2) is 5.79. The Balaban J connectivity index is 1.95. The molecule has 0 aromatic heterocycles. The number of carboxylic acids is 1. The first-order chi connectivity index (χ1) is 9.83. The van der Waals surface area contributed by atoms with Gasteiger partial charge >= 0.3 is 5.97 Å². The molecule has 21 heavy (non-hydrogen) atoms. The van der Waals surface area contributed by atoms with Crippen LogP contribution in [0.25, 0.3) is 0 Å². The normalized spacial score (nSPS) is 17.1. The standard InChI is InChI=1S/C15H17F2NO3/c1-15(14(20)21,10-3-4-10)18-13(19)7-2-9-8-11(16)5-6-12(9)17/h5-6,8,10H,2-4,7H2,1H3,(H,18,19)(H,20,21). The Morgan fingerprint density at radius 2 is 2.05 bits per heavy atom. The molecule has 1 atom stereocenters. The van der Waals surface area contributed by atoms with Gasteiger partial charge in [-0.05, 0) is 55.9 Å². The lowest BCUT2D eigenvalue weighted by Crippen LogP contribution is -2.54. The average molecular weight is 297 g/mol. The van der Waals surface area contributed by atoms with Gasteiger partial charge in [0.2, 0.25) is 5.91 Å². The van der Waals surface area contributed by atoms with Crippen LogP contribution in [-0.2, 0) is 16.0 Å². The number of aliphatic carboxylic acids is 1. The van der Waals surface area contributed by atoms with Crippen molar-refractivity contribution in [3.8, 4) is 0 Å². The van der Waals surface area contributed by atoms with E-state index in [4.69, 9.17) is 0 Å². The molecular formula is C15H17F2NO3. The van der Waals surface area contributed by atoms with Crippen molar-refractivity contribution in [1.29, 1.82) is 0 Å². The van der Waals surface area contributed by atoms with Crippen LogP contribution in [0.5, 0.6) is 0 Å². The number of rotatable bonds is 6. The summed E-state index contributed by atoms with van der Waals surface area (Å²) >= 11 is 0. The highest BCUT2D eigenvalue weighted by atomic mass is 19.1. The minimum absolute atomic E-state index is 0.0236. The minimum Gasteiger partial charge on any atom is -0.480 e. The van der Waals surface area contributed by atoms with Crippen molar-refractivity contribution in [1.82, 2.24) is 5.32 Å². The molecule has 0 bridgehead atoms. The molecule has 114 valence electrons. The highest BCUT2D eigenvalue weighted by Crippen LogP contribution is 2.39. The molecule has 0 radical (unpaired) electrons. The first kappa shape index (κ1) is 15.4. The lowest BCUT2D eigenvalue weighted by molar-refractivity contribution is -0.147. The number of carbonyl (C=O) groups is 2. The summed E-state index contributed by atoms with van der Waals surface area (Å²) in [4.78, 5) is 23.2. The van der Waals surface area contributed by atoms with Crippen molar-refractivity contribution in [3.63, 3.8) is 0 Å². The number of amides is 1. The number of carboxylic acid groups (broad SMARTS) is 1. The third-order valence-corrected chi connectivity index (χ3v) is 3.87. The van der Waals surface area contributed by atoms with Gasteiger partial charge in [0.1, 0.15) is 17.2 Å². The molecule has 0 heterocycles. The predicted octanol–water partition coefficient (Wildman–Crippen LogP) is 2.27. The van der Waals surface area contributed by atoms with E-state index in [9.17, 15) is 23.5 Å². The molecule has 1 fully saturated rings. The molecule has 1 unspecified atom stereocenters. The quantitative estimate of drug-likeness (QED) is 0.846. The molecular weight excluding hydrogens is 280 g/mol. The molecule has 1 saturated carbocycles. The van der Waals surface area contributed by atoms with Crippen molar-refractivity contribution in [2.24, 2.45) is 5.92 Å². The van der Waals surface area contributed by atoms with Gasteiger partial charge in [0.05, 0.1) is 0 Å². The molecule has 0 aliphatic heterocycles. The molecule has 1 aromatic rings. The number of benzene rings is 1. The van der Waals surface area contributed by atoms with Crippen LogP contribution in [0.15, 0.2) is 18.2 Å². The fraction of sp³-hybridized carbons (Fsp3) is 0.467. The Labute approximate surface area is 121 Å². The van der Waals surface area contributed by atoms with Gasteiger partial charge in [-0.1, -0.05) is 0 Å². The molecule has 1 aromatic carbocycles. The zero-order chi connectivity index (χ0) is 15.6. The zero-order valence-electron chi connectivity index (χ0n) is 11.7. The maximum Gasteiger partial charge on any atom is 0.329 e. The summed E-state index contributed by atoms with van der Waals surface area (Å²) < 4.78 is 26.4. The SMILES string of the molecule is CC(NC(=O)CCc1cc(F)ccc1F)(C(=O)O)C1CC1. The van der Waals surface area contributed by atoms with Gasteiger partial charge in [0, 0.05) is 6.42 Å². The van der Waals surface area contributed by atoms with Gasteiger partial charge in [-0.15, -0.1) is 0 Å². The highest BCUT2D eigenvalue weighted by Gasteiger charge is 2.48. The molecule has 6 heteroatoms.